The zero-order valence-electron chi connectivity index (χ0n) is 14.1. The van der Waals surface area contributed by atoms with Crippen LogP contribution in [0.5, 0.6) is 5.75 Å². The number of ether oxygens (including phenoxy) is 1. The lowest BCUT2D eigenvalue weighted by molar-refractivity contribution is 0.0656. The molecule has 2 aromatic rings. The van der Waals surface area contributed by atoms with Gasteiger partial charge in [-0.1, -0.05) is 55.0 Å². The maximum Gasteiger partial charge on any atom is 0.119 e. The summed E-state index contributed by atoms with van der Waals surface area (Å²) in [6.45, 7) is 7.03. The van der Waals surface area contributed by atoms with Crippen molar-refractivity contribution in [2.24, 2.45) is 0 Å². The van der Waals surface area contributed by atoms with E-state index in [4.69, 9.17) is 4.74 Å². The number of benzene rings is 2. The van der Waals surface area contributed by atoms with Crippen LogP contribution < -0.4 is 4.74 Å². The van der Waals surface area contributed by atoms with Gasteiger partial charge in [0.25, 0.3) is 0 Å². The fraction of sp³-hybridized carbons (Fsp3) is 0.400. The number of aryl methyl sites for hydroxylation is 1. The molecular weight excluding hydrogens is 286 g/mol. The Bertz CT molecular complexity index is 571. The van der Waals surface area contributed by atoms with Crippen molar-refractivity contribution in [3.63, 3.8) is 0 Å². The third-order valence-electron chi connectivity index (χ3n) is 3.68. The second-order valence-electron chi connectivity index (χ2n) is 6.00. The Balaban J connectivity index is 1.85. The van der Waals surface area contributed by atoms with E-state index in [0.717, 1.165) is 25.3 Å². The summed E-state index contributed by atoms with van der Waals surface area (Å²) in [7, 11) is 0. The monoisotopic (exact) mass is 313 g/mol. The van der Waals surface area contributed by atoms with Crippen molar-refractivity contribution in [2.75, 3.05) is 19.7 Å². The van der Waals surface area contributed by atoms with E-state index in [1.165, 1.54) is 11.1 Å². The lowest BCUT2D eigenvalue weighted by Gasteiger charge is -2.25. The van der Waals surface area contributed by atoms with E-state index >= 15 is 0 Å². The fourth-order valence-electron chi connectivity index (χ4n) is 2.68. The van der Waals surface area contributed by atoms with Crippen LogP contribution in [0.2, 0.25) is 0 Å². The van der Waals surface area contributed by atoms with Crippen LogP contribution in [0.3, 0.4) is 0 Å². The highest BCUT2D eigenvalue weighted by molar-refractivity contribution is 5.22. The molecule has 1 N–H and O–H groups in total. The van der Waals surface area contributed by atoms with Crippen LogP contribution >= 0.6 is 0 Å². The van der Waals surface area contributed by atoms with Crippen molar-refractivity contribution < 1.29 is 9.84 Å². The molecule has 2 rings (SSSR count). The number of nitrogens with zero attached hydrogens (tertiary/aromatic N) is 1. The van der Waals surface area contributed by atoms with E-state index in [0.29, 0.717) is 13.2 Å². The zero-order chi connectivity index (χ0) is 16.5. The standard InChI is InChI=1S/C20H27NO2/c1-3-12-21(14-18-9-7-8-17(2)13-18)15-19(22)16-23-20-10-5-4-6-11-20/h4-11,13,19,22H,3,12,14-16H2,1-2H3. The summed E-state index contributed by atoms with van der Waals surface area (Å²) < 4.78 is 5.64. The number of aliphatic hydroxyl groups excluding tert-OH is 1. The normalized spacial score (nSPS) is 12.3. The van der Waals surface area contributed by atoms with Crippen molar-refractivity contribution >= 4 is 0 Å². The van der Waals surface area contributed by atoms with Crippen LogP contribution in [0.1, 0.15) is 24.5 Å². The number of aliphatic hydroxyl groups is 1. The minimum atomic E-state index is -0.494. The molecule has 0 saturated heterocycles. The molecule has 0 fully saturated rings. The molecule has 23 heavy (non-hydrogen) atoms. The van der Waals surface area contributed by atoms with E-state index in [1.807, 2.05) is 30.3 Å². The summed E-state index contributed by atoms with van der Waals surface area (Å²) >= 11 is 0. The first kappa shape index (κ1) is 17.5. The van der Waals surface area contributed by atoms with Gasteiger partial charge >= 0.3 is 0 Å². The molecule has 0 amide bonds. The molecular formula is C20H27NO2. The van der Waals surface area contributed by atoms with Crippen LogP contribution in [-0.2, 0) is 6.54 Å². The molecule has 0 aliphatic heterocycles. The van der Waals surface area contributed by atoms with E-state index in [1.54, 1.807) is 0 Å². The maximum atomic E-state index is 10.3. The molecule has 0 aliphatic rings. The van der Waals surface area contributed by atoms with Gasteiger partial charge in [-0.25, -0.2) is 0 Å². The summed E-state index contributed by atoms with van der Waals surface area (Å²) in [6.07, 6.45) is 0.574. The predicted octanol–water partition coefficient (Wildman–Crippen LogP) is 3.65. The molecule has 2 aromatic carbocycles. The third-order valence-corrected chi connectivity index (χ3v) is 3.68. The Kier molecular flexibility index (Phi) is 7.11. The minimum absolute atomic E-state index is 0.318. The largest absolute Gasteiger partial charge is 0.491 e. The highest BCUT2D eigenvalue weighted by Gasteiger charge is 2.12. The number of para-hydroxylation sites is 1. The van der Waals surface area contributed by atoms with E-state index in [2.05, 4.69) is 43.0 Å². The molecule has 0 aliphatic carbocycles. The maximum absolute atomic E-state index is 10.3. The average Bonchev–Trinajstić information content (AvgIpc) is 2.54. The van der Waals surface area contributed by atoms with Crippen molar-refractivity contribution in [3.05, 3.63) is 65.7 Å². The van der Waals surface area contributed by atoms with Crippen LogP contribution in [0.15, 0.2) is 54.6 Å². The summed E-state index contributed by atoms with van der Waals surface area (Å²) in [6, 6.07) is 18.2. The van der Waals surface area contributed by atoms with Crippen LogP contribution in [0, 0.1) is 6.92 Å². The van der Waals surface area contributed by atoms with Crippen LogP contribution in [-0.4, -0.2) is 35.8 Å². The summed E-state index contributed by atoms with van der Waals surface area (Å²) in [5.74, 6) is 0.798. The topological polar surface area (TPSA) is 32.7 Å². The molecule has 3 heteroatoms. The quantitative estimate of drug-likeness (QED) is 0.767. The molecule has 0 aromatic heterocycles. The van der Waals surface area contributed by atoms with Gasteiger partial charge in [0.2, 0.25) is 0 Å². The van der Waals surface area contributed by atoms with Gasteiger partial charge < -0.3 is 9.84 Å². The van der Waals surface area contributed by atoms with Gasteiger partial charge in [-0.05, 0) is 37.6 Å². The van der Waals surface area contributed by atoms with Crippen molar-refractivity contribution in [1.29, 1.82) is 0 Å². The third kappa shape index (κ3) is 6.43. The van der Waals surface area contributed by atoms with E-state index in [9.17, 15) is 5.11 Å². The van der Waals surface area contributed by atoms with E-state index in [-0.39, 0.29) is 0 Å². The van der Waals surface area contributed by atoms with Gasteiger partial charge in [0.1, 0.15) is 18.5 Å². The van der Waals surface area contributed by atoms with Crippen LogP contribution in [0.25, 0.3) is 0 Å². The summed E-state index contributed by atoms with van der Waals surface area (Å²) in [4.78, 5) is 2.29. The SMILES string of the molecule is CCCN(Cc1cccc(C)c1)CC(O)COc1ccccc1. The van der Waals surface area contributed by atoms with E-state index < -0.39 is 6.10 Å². The number of hydrogen-bond acceptors (Lipinski definition) is 3. The molecule has 1 atom stereocenters. The van der Waals surface area contributed by atoms with Gasteiger partial charge in [-0.2, -0.15) is 0 Å². The zero-order valence-corrected chi connectivity index (χ0v) is 14.1. The highest BCUT2D eigenvalue weighted by atomic mass is 16.5. The predicted molar refractivity (Wildman–Crippen MR) is 94.7 cm³/mol. The summed E-state index contributed by atoms with van der Waals surface area (Å²) in [5, 5.41) is 10.3. The smallest absolute Gasteiger partial charge is 0.119 e. The number of rotatable bonds is 9. The fourth-order valence-corrected chi connectivity index (χ4v) is 2.68. The molecule has 0 spiro atoms. The highest BCUT2D eigenvalue weighted by Crippen LogP contribution is 2.11. The average molecular weight is 313 g/mol. The first-order valence-electron chi connectivity index (χ1n) is 8.31. The lowest BCUT2D eigenvalue weighted by atomic mass is 10.1. The van der Waals surface area contributed by atoms with Gasteiger partial charge in [0, 0.05) is 13.1 Å². The molecule has 0 saturated carbocycles. The Morgan fingerprint density at radius 1 is 1.09 bits per heavy atom. The molecule has 124 valence electrons. The molecule has 0 heterocycles. The Hall–Kier alpha value is -1.84. The Labute approximate surface area is 139 Å². The first-order chi connectivity index (χ1) is 11.2. The second kappa shape index (κ2) is 9.33. The van der Waals surface area contributed by atoms with Crippen LogP contribution in [0.4, 0.5) is 0 Å². The van der Waals surface area contributed by atoms with Gasteiger partial charge in [-0.3, -0.25) is 4.90 Å². The van der Waals surface area contributed by atoms with Gasteiger partial charge in [0.15, 0.2) is 0 Å². The molecule has 0 radical (unpaired) electrons. The van der Waals surface area contributed by atoms with Gasteiger partial charge in [-0.15, -0.1) is 0 Å². The summed E-state index contributed by atoms with van der Waals surface area (Å²) in [5.41, 5.74) is 2.56. The minimum Gasteiger partial charge on any atom is -0.491 e. The second-order valence-corrected chi connectivity index (χ2v) is 6.00. The van der Waals surface area contributed by atoms with Crippen molar-refractivity contribution in [1.82, 2.24) is 4.90 Å². The number of hydrogen-bond donors (Lipinski definition) is 1. The molecule has 3 nitrogen and oxygen atoms in total. The Morgan fingerprint density at radius 2 is 1.87 bits per heavy atom. The molecule has 0 bridgehead atoms. The first-order valence-corrected chi connectivity index (χ1v) is 8.31. The Morgan fingerprint density at radius 3 is 2.57 bits per heavy atom. The molecule has 1 unspecified atom stereocenters. The lowest BCUT2D eigenvalue weighted by Crippen LogP contribution is -2.35. The van der Waals surface area contributed by atoms with Crippen molar-refractivity contribution in [2.45, 2.75) is 32.9 Å². The van der Waals surface area contributed by atoms with Crippen molar-refractivity contribution in [3.8, 4) is 5.75 Å². The van der Waals surface area contributed by atoms with Gasteiger partial charge in [0.05, 0.1) is 0 Å².